The van der Waals surface area contributed by atoms with Gasteiger partial charge in [0.25, 0.3) is 0 Å². The molecule has 0 saturated heterocycles. The minimum Gasteiger partial charge on any atom is -0.361 e. The van der Waals surface area contributed by atoms with Crippen molar-refractivity contribution in [3.05, 3.63) is 60.6 Å². The van der Waals surface area contributed by atoms with Crippen LogP contribution in [-0.4, -0.2) is 20.9 Å². The molecule has 0 saturated carbocycles. The first-order valence-corrected chi connectivity index (χ1v) is 7.07. The van der Waals surface area contributed by atoms with Crippen LogP contribution in [0.4, 0.5) is 5.69 Å². The van der Waals surface area contributed by atoms with Gasteiger partial charge in [0, 0.05) is 17.4 Å². The smallest absolute Gasteiger partial charge is 0.228 e. The molecule has 4 aromatic rings. The van der Waals surface area contributed by atoms with Crippen LogP contribution in [0.3, 0.4) is 0 Å². The average molecular weight is 290 g/mol. The summed E-state index contributed by atoms with van der Waals surface area (Å²) < 4.78 is 0. The minimum atomic E-state index is -0.0372. The molecular formula is C17H14N4O. The van der Waals surface area contributed by atoms with E-state index in [1.807, 2.05) is 48.7 Å². The monoisotopic (exact) mass is 290 g/mol. The highest BCUT2D eigenvalue weighted by Crippen LogP contribution is 2.17. The summed E-state index contributed by atoms with van der Waals surface area (Å²) in [4.78, 5) is 22.5. The highest BCUT2D eigenvalue weighted by atomic mass is 16.1. The number of anilines is 1. The van der Waals surface area contributed by atoms with E-state index >= 15 is 0 Å². The fraction of sp³-hybridized carbons (Fsp3) is 0.0588. The lowest BCUT2D eigenvalue weighted by Crippen LogP contribution is -2.14. The minimum absolute atomic E-state index is 0.0372. The molecule has 0 radical (unpaired) electrons. The molecule has 108 valence electrons. The summed E-state index contributed by atoms with van der Waals surface area (Å²) in [5.41, 5.74) is 4.59. The average Bonchev–Trinajstić information content (AvgIpc) is 3.14. The van der Waals surface area contributed by atoms with Gasteiger partial charge in [-0.2, -0.15) is 0 Å². The second-order valence-corrected chi connectivity index (χ2v) is 5.26. The van der Waals surface area contributed by atoms with E-state index in [2.05, 4.69) is 20.3 Å². The number of nitrogens with one attached hydrogen (secondary N) is 3. The van der Waals surface area contributed by atoms with E-state index in [1.165, 1.54) is 0 Å². The molecule has 2 aromatic carbocycles. The fourth-order valence-corrected chi connectivity index (χ4v) is 2.61. The van der Waals surface area contributed by atoms with E-state index in [4.69, 9.17) is 0 Å². The number of H-pyrrole nitrogens is 2. The summed E-state index contributed by atoms with van der Waals surface area (Å²) in [6.07, 6.45) is 3.88. The summed E-state index contributed by atoms with van der Waals surface area (Å²) in [6.45, 7) is 0. The zero-order valence-electron chi connectivity index (χ0n) is 11.8. The third kappa shape index (κ3) is 2.33. The Kier molecular flexibility index (Phi) is 2.89. The van der Waals surface area contributed by atoms with Gasteiger partial charge in [0.2, 0.25) is 5.91 Å². The van der Waals surface area contributed by atoms with Crippen LogP contribution in [0, 0.1) is 0 Å². The highest BCUT2D eigenvalue weighted by Gasteiger charge is 2.06. The number of benzene rings is 2. The van der Waals surface area contributed by atoms with Gasteiger partial charge in [-0.1, -0.05) is 12.1 Å². The highest BCUT2D eigenvalue weighted by molar-refractivity contribution is 5.94. The molecule has 5 nitrogen and oxygen atoms in total. The summed E-state index contributed by atoms with van der Waals surface area (Å²) in [5.74, 6) is -0.0372. The van der Waals surface area contributed by atoms with Gasteiger partial charge in [0.15, 0.2) is 0 Å². The first-order chi connectivity index (χ1) is 10.8. The predicted molar refractivity (Wildman–Crippen MR) is 86.7 cm³/mol. The summed E-state index contributed by atoms with van der Waals surface area (Å²) >= 11 is 0. The Morgan fingerprint density at radius 2 is 2.00 bits per heavy atom. The van der Waals surface area contributed by atoms with E-state index in [0.717, 1.165) is 33.2 Å². The van der Waals surface area contributed by atoms with Crippen LogP contribution in [0.2, 0.25) is 0 Å². The SMILES string of the molecule is O=C(Cc1ccc2cc[nH]c2c1)Nc1ccc2nc[nH]c2c1. The molecule has 0 fully saturated rings. The van der Waals surface area contributed by atoms with Crippen molar-refractivity contribution < 1.29 is 4.79 Å². The molecule has 2 heterocycles. The number of carbonyl (C=O) groups excluding carboxylic acids is 1. The predicted octanol–water partition coefficient (Wildman–Crippen LogP) is 3.23. The number of imidazole rings is 1. The molecule has 22 heavy (non-hydrogen) atoms. The van der Waals surface area contributed by atoms with Gasteiger partial charge in [0.05, 0.1) is 23.8 Å². The molecule has 0 spiro atoms. The van der Waals surface area contributed by atoms with Crippen LogP contribution < -0.4 is 5.32 Å². The zero-order chi connectivity index (χ0) is 14.9. The van der Waals surface area contributed by atoms with E-state index in [1.54, 1.807) is 6.33 Å². The van der Waals surface area contributed by atoms with Crippen molar-refractivity contribution in [3.63, 3.8) is 0 Å². The Morgan fingerprint density at radius 1 is 1.05 bits per heavy atom. The molecule has 0 aliphatic heterocycles. The number of rotatable bonds is 3. The number of hydrogen-bond donors (Lipinski definition) is 3. The molecular weight excluding hydrogens is 276 g/mol. The maximum absolute atomic E-state index is 12.2. The number of nitrogens with zero attached hydrogens (tertiary/aromatic N) is 1. The van der Waals surface area contributed by atoms with Gasteiger partial charge < -0.3 is 15.3 Å². The molecule has 1 amide bonds. The standard InChI is InChI=1S/C17H14N4O/c22-17(8-11-1-2-12-5-6-18-15(12)7-11)21-13-3-4-14-16(9-13)20-10-19-14/h1-7,9-10,18H,8H2,(H,19,20)(H,21,22). The molecule has 0 aliphatic carbocycles. The van der Waals surface area contributed by atoms with Crippen molar-refractivity contribution in [3.8, 4) is 0 Å². The molecule has 0 bridgehead atoms. The lowest BCUT2D eigenvalue weighted by Gasteiger charge is -2.05. The van der Waals surface area contributed by atoms with Crippen molar-refractivity contribution in [1.29, 1.82) is 0 Å². The van der Waals surface area contributed by atoms with Crippen molar-refractivity contribution in [2.24, 2.45) is 0 Å². The molecule has 5 heteroatoms. The Bertz CT molecular complexity index is 889. The number of carbonyl (C=O) groups is 1. The first-order valence-electron chi connectivity index (χ1n) is 7.07. The van der Waals surface area contributed by atoms with Crippen molar-refractivity contribution in [2.75, 3.05) is 5.32 Å². The van der Waals surface area contributed by atoms with E-state index in [9.17, 15) is 4.79 Å². The number of hydrogen-bond acceptors (Lipinski definition) is 2. The van der Waals surface area contributed by atoms with Gasteiger partial charge in [-0.25, -0.2) is 4.98 Å². The van der Waals surface area contributed by atoms with Crippen LogP contribution in [0.25, 0.3) is 21.9 Å². The topological polar surface area (TPSA) is 73.6 Å². The van der Waals surface area contributed by atoms with Gasteiger partial charge in [-0.3, -0.25) is 4.79 Å². The maximum atomic E-state index is 12.2. The summed E-state index contributed by atoms with van der Waals surface area (Å²) in [7, 11) is 0. The Hall–Kier alpha value is -3.08. The van der Waals surface area contributed by atoms with Crippen LogP contribution in [0.1, 0.15) is 5.56 Å². The number of amides is 1. The third-order valence-corrected chi connectivity index (χ3v) is 3.69. The molecule has 0 atom stereocenters. The van der Waals surface area contributed by atoms with Crippen LogP contribution in [0.5, 0.6) is 0 Å². The Morgan fingerprint density at radius 3 is 2.95 bits per heavy atom. The fourth-order valence-electron chi connectivity index (χ4n) is 2.61. The molecule has 3 N–H and O–H groups in total. The Balaban J connectivity index is 1.51. The van der Waals surface area contributed by atoms with Gasteiger partial charge in [0.1, 0.15) is 0 Å². The quantitative estimate of drug-likeness (QED) is 0.542. The lowest BCUT2D eigenvalue weighted by atomic mass is 10.1. The lowest BCUT2D eigenvalue weighted by molar-refractivity contribution is -0.115. The van der Waals surface area contributed by atoms with Gasteiger partial charge >= 0.3 is 0 Å². The summed E-state index contributed by atoms with van der Waals surface area (Å²) in [5, 5.41) is 4.06. The van der Waals surface area contributed by atoms with Crippen LogP contribution in [-0.2, 0) is 11.2 Å². The van der Waals surface area contributed by atoms with Crippen LogP contribution >= 0.6 is 0 Å². The van der Waals surface area contributed by atoms with Crippen molar-refractivity contribution in [2.45, 2.75) is 6.42 Å². The van der Waals surface area contributed by atoms with E-state index in [-0.39, 0.29) is 5.91 Å². The number of fused-ring (bicyclic) bond motifs is 2. The van der Waals surface area contributed by atoms with Gasteiger partial charge in [-0.15, -0.1) is 0 Å². The third-order valence-electron chi connectivity index (χ3n) is 3.69. The normalized spacial score (nSPS) is 11.1. The van der Waals surface area contributed by atoms with Crippen molar-refractivity contribution in [1.82, 2.24) is 15.0 Å². The summed E-state index contributed by atoms with van der Waals surface area (Å²) in [6, 6.07) is 13.6. The molecule has 2 aromatic heterocycles. The molecule has 0 aliphatic rings. The zero-order valence-corrected chi connectivity index (χ0v) is 11.8. The number of aromatic amines is 2. The number of aromatic nitrogens is 3. The molecule has 4 rings (SSSR count). The van der Waals surface area contributed by atoms with Crippen LogP contribution in [0.15, 0.2) is 55.0 Å². The second kappa shape index (κ2) is 5.04. The van der Waals surface area contributed by atoms with Gasteiger partial charge in [-0.05, 0) is 41.3 Å². The Labute approximate surface area is 126 Å². The maximum Gasteiger partial charge on any atom is 0.228 e. The molecule has 0 unspecified atom stereocenters. The van der Waals surface area contributed by atoms with E-state index in [0.29, 0.717) is 6.42 Å². The van der Waals surface area contributed by atoms with Crippen molar-refractivity contribution >= 4 is 33.5 Å². The second-order valence-electron chi connectivity index (χ2n) is 5.26. The first kappa shape index (κ1) is 12.6. The van der Waals surface area contributed by atoms with E-state index < -0.39 is 0 Å². The largest absolute Gasteiger partial charge is 0.361 e.